The van der Waals surface area contributed by atoms with Gasteiger partial charge in [0, 0.05) is 6.42 Å². The van der Waals surface area contributed by atoms with Gasteiger partial charge in [-0.25, -0.2) is 4.79 Å². The fraction of sp³-hybridized carbons (Fsp3) is 0.826. The average molecular weight is 380 g/mol. The Morgan fingerprint density at radius 3 is 2.04 bits per heavy atom. The summed E-state index contributed by atoms with van der Waals surface area (Å²) in [6.45, 7) is 2.74. The summed E-state index contributed by atoms with van der Waals surface area (Å²) < 4.78 is 5.23. The molecular weight excluding hydrogens is 338 g/mol. The molecule has 0 radical (unpaired) electrons. The molecule has 0 aliphatic carbocycles. The van der Waals surface area contributed by atoms with Gasteiger partial charge in [-0.1, -0.05) is 76.9 Å². The minimum atomic E-state index is -0.410. The predicted octanol–water partition coefficient (Wildman–Crippen LogP) is 5.85. The van der Waals surface area contributed by atoms with E-state index < -0.39 is 6.04 Å². The van der Waals surface area contributed by atoms with Crippen LogP contribution in [0.1, 0.15) is 110 Å². The normalized spacial score (nSPS) is 16.8. The highest BCUT2D eigenvalue weighted by atomic mass is 16.5. The molecule has 0 bridgehead atoms. The fourth-order valence-corrected chi connectivity index (χ4v) is 3.41. The van der Waals surface area contributed by atoms with Crippen LogP contribution in [0.4, 0.5) is 0 Å². The van der Waals surface area contributed by atoms with Crippen molar-refractivity contribution in [2.45, 2.75) is 116 Å². The first-order chi connectivity index (χ1) is 13.2. The maximum Gasteiger partial charge on any atom is 0.328 e. The van der Waals surface area contributed by atoms with Crippen LogP contribution in [-0.2, 0) is 14.3 Å². The maximum absolute atomic E-state index is 11.7. The highest BCUT2D eigenvalue weighted by Crippen LogP contribution is 2.11. The van der Waals surface area contributed by atoms with E-state index in [0.29, 0.717) is 19.4 Å². The van der Waals surface area contributed by atoms with Crippen molar-refractivity contribution in [1.82, 2.24) is 5.32 Å². The molecule has 1 fully saturated rings. The second kappa shape index (κ2) is 16.8. The standard InChI is InChI=1S/C23H41NO3/c1-2-3-4-5-6-7-8-9-10-11-12-13-14-15-16-17-20-27-23(26)21-18-19-22(25)24-21/h8-9,21H,2-7,10-20H2,1H3,(H,24,25)/b9-8+/t21-/m0/s1. The van der Waals surface area contributed by atoms with Crippen LogP contribution in [0.15, 0.2) is 12.2 Å². The zero-order valence-corrected chi connectivity index (χ0v) is 17.5. The molecule has 1 saturated heterocycles. The summed E-state index contributed by atoms with van der Waals surface area (Å²) in [7, 11) is 0. The lowest BCUT2D eigenvalue weighted by Gasteiger charge is -2.09. The van der Waals surface area contributed by atoms with E-state index in [1.54, 1.807) is 0 Å². The number of carbonyl (C=O) groups excluding carboxylic acids is 2. The first kappa shape index (κ1) is 23.7. The lowest BCUT2D eigenvalue weighted by Crippen LogP contribution is -2.34. The van der Waals surface area contributed by atoms with Crippen molar-refractivity contribution in [3.63, 3.8) is 0 Å². The van der Waals surface area contributed by atoms with Gasteiger partial charge in [0.1, 0.15) is 6.04 Å². The van der Waals surface area contributed by atoms with E-state index in [4.69, 9.17) is 4.74 Å². The van der Waals surface area contributed by atoms with Crippen molar-refractivity contribution < 1.29 is 14.3 Å². The highest BCUT2D eigenvalue weighted by Gasteiger charge is 2.28. The number of carbonyl (C=O) groups is 2. The quantitative estimate of drug-likeness (QED) is 0.196. The number of ether oxygens (including phenoxy) is 1. The molecule has 1 rings (SSSR count). The van der Waals surface area contributed by atoms with E-state index in [1.807, 2.05) is 0 Å². The molecule has 1 aliphatic heterocycles. The summed E-state index contributed by atoms with van der Waals surface area (Å²) in [5.41, 5.74) is 0. The van der Waals surface area contributed by atoms with Gasteiger partial charge in [-0.05, 0) is 38.5 Å². The maximum atomic E-state index is 11.7. The van der Waals surface area contributed by atoms with Gasteiger partial charge >= 0.3 is 5.97 Å². The number of hydrogen-bond acceptors (Lipinski definition) is 3. The molecule has 1 aliphatic rings. The first-order valence-corrected chi connectivity index (χ1v) is 11.3. The Labute approximate surface area is 166 Å². The summed E-state index contributed by atoms with van der Waals surface area (Å²) in [5, 5.41) is 2.64. The van der Waals surface area contributed by atoms with E-state index in [2.05, 4.69) is 24.4 Å². The predicted molar refractivity (Wildman–Crippen MR) is 112 cm³/mol. The topological polar surface area (TPSA) is 55.4 Å². The molecule has 0 spiro atoms. The van der Waals surface area contributed by atoms with Gasteiger partial charge in [0.15, 0.2) is 0 Å². The summed E-state index contributed by atoms with van der Waals surface area (Å²) >= 11 is 0. The minimum absolute atomic E-state index is 0.0464. The number of rotatable bonds is 17. The van der Waals surface area contributed by atoms with Gasteiger partial charge in [0.25, 0.3) is 0 Å². The number of amides is 1. The molecule has 1 heterocycles. The number of esters is 1. The zero-order chi connectivity index (χ0) is 19.6. The lowest BCUT2D eigenvalue weighted by atomic mass is 10.1. The third kappa shape index (κ3) is 13.5. The summed E-state index contributed by atoms with van der Waals surface area (Å²) in [6, 6.07) is -0.410. The molecular formula is C23H41NO3. The molecule has 27 heavy (non-hydrogen) atoms. The molecule has 0 aromatic rings. The van der Waals surface area contributed by atoms with Crippen LogP contribution in [0, 0.1) is 0 Å². The summed E-state index contributed by atoms with van der Waals surface area (Å²) in [5.74, 6) is -0.315. The third-order valence-corrected chi connectivity index (χ3v) is 5.18. The largest absolute Gasteiger partial charge is 0.464 e. The van der Waals surface area contributed by atoms with Crippen molar-refractivity contribution in [3.8, 4) is 0 Å². The van der Waals surface area contributed by atoms with Crippen LogP contribution in [-0.4, -0.2) is 24.5 Å². The molecule has 4 nitrogen and oxygen atoms in total. The van der Waals surface area contributed by atoms with Crippen LogP contribution in [0.3, 0.4) is 0 Å². The molecule has 4 heteroatoms. The van der Waals surface area contributed by atoms with Crippen LogP contribution >= 0.6 is 0 Å². The van der Waals surface area contributed by atoms with Crippen LogP contribution in [0.5, 0.6) is 0 Å². The van der Waals surface area contributed by atoms with Crippen molar-refractivity contribution in [3.05, 3.63) is 12.2 Å². The fourth-order valence-electron chi connectivity index (χ4n) is 3.41. The second-order valence-electron chi connectivity index (χ2n) is 7.76. The molecule has 0 aromatic carbocycles. The lowest BCUT2D eigenvalue weighted by molar-refractivity contribution is -0.146. The molecule has 1 N–H and O–H groups in total. The zero-order valence-electron chi connectivity index (χ0n) is 17.5. The molecule has 1 amide bonds. The monoisotopic (exact) mass is 379 g/mol. The number of hydrogen-bond donors (Lipinski definition) is 1. The van der Waals surface area contributed by atoms with E-state index in [0.717, 1.165) is 12.8 Å². The molecule has 0 unspecified atom stereocenters. The summed E-state index contributed by atoms with van der Waals surface area (Å²) in [4.78, 5) is 22.8. The van der Waals surface area contributed by atoms with Crippen LogP contribution in [0.25, 0.3) is 0 Å². The third-order valence-electron chi connectivity index (χ3n) is 5.18. The first-order valence-electron chi connectivity index (χ1n) is 11.3. The highest BCUT2D eigenvalue weighted by molar-refractivity contribution is 5.87. The number of nitrogens with one attached hydrogen (secondary N) is 1. The Balaban J connectivity index is 1.76. The summed E-state index contributed by atoms with van der Waals surface area (Å²) in [6.07, 6.45) is 23.5. The average Bonchev–Trinajstić information content (AvgIpc) is 3.10. The molecule has 1 atom stereocenters. The van der Waals surface area contributed by atoms with Crippen molar-refractivity contribution >= 4 is 11.9 Å². The molecule has 156 valence electrons. The van der Waals surface area contributed by atoms with E-state index in [1.165, 1.54) is 77.0 Å². The van der Waals surface area contributed by atoms with E-state index >= 15 is 0 Å². The Kier molecular flexibility index (Phi) is 14.8. The number of unbranched alkanes of at least 4 members (excludes halogenated alkanes) is 12. The minimum Gasteiger partial charge on any atom is -0.464 e. The Morgan fingerprint density at radius 1 is 0.926 bits per heavy atom. The van der Waals surface area contributed by atoms with Gasteiger partial charge < -0.3 is 10.1 Å². The van der Waals surface area contributed by atoms with E-state index in [9.17, 15) is 9.59 Å². The Bertz CT molecular complexity index is 420. The van der Waals surface area contributed by atoms with Crippen LogP contribution < -0.4 is 5.32 Å². The van der Waals surface area contributed by atoms with Gasteiger partial charge in [0.05, 0.1) is 6.61 Å². The Hall–Kier alpha value is -1.32. The molecule has 0 saturated carbocycles. The second-order valence-corrected chi connectivity index (χ2v) is 7.76. The molecule has 0 aromatic heterocycles. The van der Waals surface area contributed by atoms with Crippen LogP contribution in [0.2, 0.25) is 0 Å². The Morgan fingerprint density at radius 2 is 1.48 bits per heavy atom. The van der Waals surface area contributed by atoms with Crippen molar-refractivity contribution in [2.75, 3.05) is 6.61 Å². The number of allylic oxidation sites excluding steroid dienone is 2. The van der Waals surface area contributed by atoms with Crippen molar-refractivity contribution in [1.29, 1.82) is 0 Å². The SMILES string of the molecule is CCCCCCC/C=C/CCCCCCCCCOC(=O)[C@@H]1CCC(=O)N1. The van der Waals surface area contributed by atoms with E-state index in [-0.39, 0.29) is 11.9 Å². The van der Waals surface area contributed by atoms with Gasteiger partial charge in [-0.15, -0.1) is 0 Å². The smallest absolute Gasteiger partial charge is 0.328 e. The van der Waals surface area contributed by atoms with Gasteiger partial charge in [0.2, 0.25) is 5.91 Å². The van der Waals surface area contributed by atoms with Gasteiger partial charge in [-0.3, -0.25) is 4.79 Å². The van der Waals surface area contributed by atoms with Crippen molar-refractivity contribution in [2.24, 2.45) is 0 Å². The van der Waals surface area contributed by atoms with Gasteiger partial charge in [-0.2, -0.15) is 0 Å².